The van der Waals surface area contributed by atoms with Gasteiger partial charge in [0.2, 0.25) is 5.91 Å². The van der Waals surface area contributed by atoms with Crippen molar-refractivity contribution < 1.29 is 9.59 Å². The number of hydrogen-bond acceptors (Lipinski definition) is 2. The average molecular weight is 255 g/mol. The minimum Gasteiger partial charge on any atom is -0.344 e. The Bertz CT molecular complexity index is 317. The van der Waals surface area contributed by atoms with Gasteiger partial charge in [-0.05, 0) is 20.3 Å². The molecule has 0 aromatic rings. The molecule has 1 aliphatic rings. The zero-order valence-electron chi connectivity index (χ0n) is 12.1. The molecule has 0 spiro atoms. The molecule has 0 saturated carbocycles. The summed E-state index contributed by atoms with van der Waals surface area (Å²) in [6, 6.07) is 0.451. The van der Waals surface area contributed by atoms with Gasteiger partial charge in [-0.3, -0.25) is 4.79 Å². The molecule has 0 aliphatic carbocycles. The highest BCUT2D eigenvalue weighted by atomic mass is 16.2. The number of carbonyl (C=O) groups excluding carboxylic acids is 2. The second-order valence-electron chi connectivity index (χ2n) is 5.25. The number of likely N-dealkylation sites (N-methyl/N-ethyl adjacent to an activating group) is 1. The third-order valence-corrected chi connectivity index (χ3v) is 3.68. The van der Waals surface area contributed by atoms with Crippen LogP contribution < -0.4 is 0 Å². The standard InChI is InChI=1S/C13H25N3O2/c1-6-12(17)14(4)9-11-7-8-16(11)13(18)15(5)10(2)3/h10-11H,6-9H2,1-5H3. The monoisotopic (exact) mass is 255 g/mol. The van der Waals surface area contributed by atoms with Crippen molar-refractivity contribution in [3.63, 3.8) is 0 Å². The maximum atomic E-state index is 12.1. The van der Waals surface area contributed by atoms with E-state index in [1.54, 1.807) is 16.8 Å². The summed E-state index contributed by atoms with van der Waals surface area (Å²) in [4.78, 5) is 29.0. The summed E-state index contributed by atoms with van der Waals surface area (Å²) < 4.78 is 0. The Labute approximate surface area is 110 Å². The molecular weight excluding hydrogens is 230 g/mol. The molecule has 1 unspecified atom stereocenters. The fourth-order valence-corrected chi connectivity index (χ4v) is 1.99. The van der Waals surface area contributed by atoms with Crippen LogP contribution in [0.1, 0.15) is 33.6 Å². The molecule has 104 valence electrons. The number of likely N-dealkylation sites (tertiary alicyclic amines) is 1. The molecule has 1 rings (SSSR count). The van der Waals surface area contributed by atoms with E-state index in [4.69, 9.17) is 0 Å². The van der Waals surface area contributed by atoms with E-state index in [2.05, 4.69) is 0 Å². The third-order valence-electron chi connectivity index (χ3n) is 3.68. The van der Waals surface area contributed by atoms with Crippen LogP contribution in [-0.2, 0) is 4.79 Å². The van der Waals surface area contributed by atoms with Crippen LogP contribution in [0.5, 0.6) is 0 Å². The number of urea groups is 1. The molecule has 0 N–H and O–H groups in total. The van der Waals surface area contributed by atoms with Crippen LogP contribution in [-0.4, -0.2) is 65.9 Å². The van der Waals surface area contributed by atoms with Crippen LogP contribution in [0.3, 0.4) is 0 Å². The Morgan fingerprint density at radius 1 is 1.33 bits per heavy atom. The third kappa shape index (κ3) is 3.15. The van der Waals surface area contributed by atoms with Crippen molar-refractivity contribution in [2.24, 2.45) is 0 Å². The SMILES string of the molecule is CCC(=O)N(C)CC1CCN1C(=O)N(C)C(C)C. The molecule has 18 heavy (non-hydrogen) atoms. The molecule has 1 saturated heterocycles. The van der Waals surface area contributed by atoms with E-state index in [-0.39, 0.29) is 24.0 Å². The number of carbonyl (C=O) groups is 2. The van der Waals surface area contributed by atoms with Crippen molar-refractivity contribution in [2.75, 3.05) is 27.2 Å². The minimum atomic E-state index is 0.0681. The molecule has 5 nitrogen and oxygen atoms in total. The van der Waals surface area contributed by atoms with Crippen LogP contribution in [0.2, 0.25) is 0 Å². The van der Waals surface area contributed by atoms with Gasteiger partial charge < -0.3 is 14.7 Å². The van der Waals surface area contributed by atoms with Gasteiger partial charge in [0.1, 0.15) is 0 Å². The summed E-state index contributed by atoms with van der Waals surface area (Å²) in [5, 5.41) is 0. The summed E-state index contributed by atoms with van der Waals surface area (Å²) in [5.41, 5.74) is 0. The molecule has 0 aromatic heterocycles. The quantitative estimate of drug-likeness (QED) is 0.762. The van der Waals surface area contributed by atoms with Crippen molar-refractivity contribution in [3.8, 4) is 0 Å². The van der Waals surface area contributed by atoms with Gasteiger partial charge in [-0.15, -0.1) is 0 Å². The van der Waals surface area contributed by atoms with Gasteiger partial charge in [-0.1, -0.05) is 6.92 Å². The van der Waals surface area contributed by atoms with Gasteiger partial charge in [0.25, 0.3) is 0 Å². The molecule has 0 aromatic carbocycles. The van der Waals surface area contributed by atoms with E-state index < -0.39 is 0 Å². The van der Waals surface area contributed by atoms with E-state index >= 15 is 0 Å². The summed E-state index contributed by atoms with van der Waals surface area (Å²) in [7, 11) is 3.63. The van der Waals surface area contributed by atoms with Gasteiger partial charge in [0.15, 0.2) is 0 Å². The highest BCUT2D eigenvalue weighted by molar-refractivity contribution is 5.77. The summed E-state index contributed by atoms with van der Waals surface area (Å²) >= 11 is 0. The lowest BCUT2D eigenvalue weighted by molar-refractivity contribution is -0.130. The molecule has 1 fully saturated rings. The zero-order chi connectivity index (χ0) is 13.9. The summed E-state index contributed by atoms with van der Waals surface area (Å²) in [6.45, 7) is 7.30. The highest BCUT2D eigenvalue weighted by Crippen LogP contribution is 2.20. The van der Waals surface area contributed by atoms with Gasteiger partial charge in [-0.2, -0.15) is 0 Å². The van der Waals surface area contributed by atoms with E-state index in [0.717, 1.165) is 13.0 Å². The first-order valence-electron chi connectivity index (χ1n) is 6.65. The summed E-state index contributed by atoms with van der Waals surface area (Å²) in [6.07, 6.45) is 1.50. The fraction of sp³-hybridized carbons (Fsp3) is 0.846. The maximum Gasteiger partial charge on any atom is 0.320 e. The number of hydrogen-bond donors (Lipinski definition) is 0. The molecule has 0 radical (unpaired) electrons. The highest BCUT2D eigenvalue weighted by Gasteiger charge is 2.35. The topological polar surface area (TPSA) is 43.9 Å². The Balaban J connectivity index is 2.51. The van der Waals surface area contributed by atoms with Crippen molar-refractivity contribution in [1.82, 2.24) is 14.7 Å². The molecule has 5 heteroatoms. The molecule has 1 heterocycles. The molecule has 1 aliphatic heterocycles. The first-order valence-corrected chi connectivity index (χ1v) is 6.65. The molecule has 0 bridgehead atoms. The van der Waals surface area contributed by atoms with Crippen LogP contribution >= 0.6 is 0 Å². The first-order chi connectivity index (χ1) is 8.38. The van der Waals surface area contributed by atoms with Crippen molar-refractivity contribution >= 4 is 11.9 Å². The second kappa shape index (κ2) is 6.07. The second-order valence-corrected chi connectivity index (χ2v) is 5.25. The van der Waals surface area contributed by atoms with Gasteiger partial charge in [-0.25, -0.2) is 4.79 Å². The van der Waals surface area contributed by atoms with Crippen molar-refractivity contribution in [3.05, 3.63) is 0 Å². The van der Waals surface area contributed by atoms with Crippen molar-refractivity contribution in [2.45, 2.75) is 45.7 Å². The van der Waals surface area contributed by atoms with E-state index in [9.17, 15) is 9.59 Å². The van der Waals surface area contributed by atoms with Crippen LogP contribution in [0, 0.1) is 0 Å². The number of amides is 3. The normalized spacial score (nSPS) is 18.6. The molecular formula is C13H25N3O2. The van der Waals surface area contributed by atoms with E-state index in [1.807, 2.05) is 32.7 Å². The molecule has 1 atom stereocenters. The Morgan fingerprint density at radius 2 is 1.94 bits per heavy atom. The Hall–Kier alpha value is -1.26. The lowest BCUT2D eigenvalue weighted by atomic mass is 10.0. The summed E-state index contributed by atoms with van der Waals surface area (Å²) in [5.74, 6) is 0.131. The number of rotatable bonds is 4. The van der Waals surface area contributed by atoms with Crippen LogP contribution in [0.4, 0.5) is 4.79 Å². The Morgan fingerprint density at radius 3 is 2.33 bits per heavy atom. The Kier molecular flexibility index (Phi) is 4.99. The minimum absolute atomic E-state index is 0.0681. The largest absolute Gasteiger partial charge is 0.344 e. The predicted molar refractivity (Wildman–Crippen MR) is 71.3 cm³/mol. The number of nitrogens with zero attached hydrogens (tertiary/aromatic N) is 3. The lowest BCUT2D eigenvalue weighted by Crippen LogP contribution is -2.59. The smallest absolute Gasteiger partial charge is 0.320 e. The van der Waals surface area contributed by atoms with Crippen LogP contribution in [0.25, 0.3) is 0 Å². The van der Waals surface area contributed by atoms with Crippen LogP contribution in [0.15, 0.2) is 0 Å². The predicted octanol–water partition coefficient (Wildman–Crippen LogP) is 1.39. The zero-order valence-corrected chi connectivity index (χ0v) is 12.1. The van der Waals surface area contributed by atoms with Gasteiger partial charge in [0, 0.05) is 39.6 Å². The first kappa shape index (κ1) is 14.8. The van der Waals surface area contributed by atoms with E-state index in [0.29, 0.717) is 13.0 Å². The van der Waals surface area contributed by atoms with Crippen molar-refractivity contribution in [1.29, 1.82) is 0 Å². The fourth-order valence-electron chi connectivity index (χ4n) is 1.99. The maximum absolute atomic E-state index is 12.1. The molecule has 3 amide bonds. The lowest BCUT2D eigenvalue weighted by Gasteiger charge is -2.45. The van der Waals surface area contributed by atoms with Gasteiger partial charge in [0.05, 0.1) is 6.04 Å². The average Bonchev–Trinajstić information content (AvgIpc) is 2.31. The van der Waals surface area contributed by atoms with Gasteiger partial charge >= 0.3 is 6.03 Å². The van der Waals surface area contributed by atoms with E-state index in [1.165, 1.54) is 0 Å².